The Balaban J connectivity index is 1.99. The highest BCUT2D eigenvalue weighted by molar-refractivity contribution is 6.32. The predicted octanol–water partition coefficient (Wildman–Crippen LogP) is 6.07. The van der Waals surface area contributed by atoms with Crippen LogP contribution in [0.4, 0.5) is 13.2 Å². The third kappa shape index (κ3) is 4.30. The molecular weight excluding hydrogens is 471 g/mol. The lowest BCUT2D eigenvalue weighted by Crippen LogP contribution is -2.25. The zero-order chi connectivity index (χ0) is 24.7. The van der Waals surface area contributed by atoms with Crippen LogP contribution in [-0.4, -0.2) is 22.2 Å². The van der Waals surface area contributed by atoms with Crippen LogP contribution in [-0.2, 0) is 6.54 Å². The number of carboxylic acid groups (broad SMARTS) is 1. The highest BCUT2D eigenvalue weighted by Crippen LogP contribution is 2.37. The molecular formula is C25H21ClF3NO4. The molecule has 1 fully saturated rings. The minimum absolute atomic E-state index is 0.00920. The van der Waals surface area contributed by atoms with Gasteiger partial charge >= 0.3 is 5.97 Å². The second-order valence-corrected chi connectivity index (χ2v) is 8.62. The first-order valence-corrected chi connectivity index (χ1v) is 11.1. The summed E-state index contributed by atoms with van der Waals surface area (Å²) in [7, 11) is 0. The van der Waals surface area contributed by atoms with Crippen molar-refractivity contribution in [3.8, 4) is 28.1 Å². The Morgan fingerprint density at radius 3 is 2.44 bits per heavy atom. The number of hydrogen-bond acceptors (Lipinski definition) is 3. The van der Waals surface area contributed by atoms with Gasteiger partial charge in [-0.1, -0.05) is 11.6 Å². The molecule has 5 nitrogen and oxygen atoms in total. The summed E-state index contributed by atoms with van der Waals surface area (Å²) in [6.07, 6.45) is 2.05. The zero-order valence-corrected chi connectivity index (χ0v) is 19.2. The maximum absolute atomic E-state index is 15.0. The van der Waals surface area contributed by atoms with Crippen molar-refractivity contribution in [1.29, 1.82) is 0 Å². The number of nitrogens with zero attached hydrogens (tertiary/aromatic N) is 1. The Bertz CT molecular complexity index is 1370. The maximum Gasteiger partial charge on any atom is 0.341 e. The van der Waals surface area contributed by atoms with E-state index in [1.54, 1.807) is 6.92 Å². The van der Waals surface area contributed by atoms with Gasteiger partial charge in [0.05, 0.1) is 22.9 Å². The van der Waals surface area contributed by atoms with Crippen LogP contribution in [0.2, 0.25) is 5.02 Å². The number of hydrogen-bond donors (Lipinski definition) is 1. The lowest BCUT2D eigenvalue weighted by Gasteiger charge is -2.22. The summed E-state index contributed by atoms with van der Waals surface area (Å²) in [4.78, 5) is 25.7. The predicted molar refractivity (Wildman–Crippen MR) is 122 cm³/mol. The van der Waals surface area contributed by atoms with Crippen molar-refractivity contribution in [2.75, 3.05) is 6.61 Å². The van der Waals surface area contributed by atoms with Crippen LogP contribution >= 0.6 is 11.6 Å². The van der Waals surface area contributed by atoms with Gasteiger partial charge in [0.25, 0.3) is 0 Å². The van der Waals surface area contributed by atoms with E-state index in [0.29, 0.717) is 12.5 Å². The Morgan fingerprint density at radius 1 is 1.15 bits per heavy atom. The molecule has 3 aromatic rings. The third-order valence-corrected chi connectivity index (χ3v) is 6.21. The van der Waals surface area contributed by atoms with Crippen LogP contribution in [0.25, 0.3) is 22.4 Å². The van der Waals surface area contributed by atoms with E-state index in [-0.39, 0.29) is 45.4 Å². The normalized spacial score (nSPS) is 13.2. The van der Waals surface area contributed by atoms with Crippen molar-refractivity contribution in [2.45, 2.75) is 33.2 Å². The molecule has 1 aliphatic rings. The van der Waals surface area contributed by atoms with E-state index >= 15 is 4.39 Å². The topological polar surface area (TPSA) is 68.5 Å². The Kier molecular flexibility index (Phi) is 6.45. The van der Waals surface area contributed by atoms with Crippen molar-refractivity contribution in [3.63, 3.8) is 0 Å². The number of pyridine rings is 1. The highest BCUT2D eigenvalue weighted by atomic mass is 35.5. The fourth-order valence-electron chi connectivity index (χ4n) is 4.01. The van der Waals surface area contributed by atoms with Crippen molar-refractivity contribution in [3.05, 3.63) is 74.3 Å². The maximum atomic E-state index is 15.0. The van der Waals surface area contributed by atoms with E-state index in [1.807, 2.05) is 0 Å². The Hall–Kier alpha value is -3.26. The van der Waals surface area contributed by atoms with Gasteiger partial charge in [0.1, 0.15) is 17.1 Å². The van der Waals surface area contributed by atoms with Crippen LogP contribution in [0.15, 0.2) is 35.1 Å². The first-order chi connectivity index (χ1) is 16.1. The zero-order valence-electron chi connectivity index (χ0n) is 18.4. The van der Waals surface area contributed by atoms with Crippen molar-refractivity contribution < 1.29 is 27.8 Å². The van der Waals surface area contributed by atoms with E-state index in [1.165, 1.54) is 23.6 Å². The molecule has 9 heteroatoms. The van der Waals surface area contributed by atoms with Gasteiger partial charge in [-0.3, -0.25) is 4.79 Å². The van der Waals surface area contributed by atoms with Crippen LogP contribution in [0.5, 0.6) is 5.75 Å². The van der Waals surface area contributed by atoms with Gasteiger partial charge in [-0.05, 0) is 62.9 Å². The Morgan fingerprint density at radius 2 is 1.85 bits per heavy atom. The Labute approximate surface area is 198 Å². The molecule has 0 amide bonds. The van der Waals surface area contributed by atoms with E-state index in [0.717, 1.165) is 31.0 Å². The summed E-state index contributed by atoms with van der Waals surface area (Å²) in [6.45, 7) is 3.80. The number of benzene rings is 2. The molecule has 0 saturated heterocycles. The van der Waals surface area contributed by atoms with Crippen molar-refractivity contribution in [2.24, 2.45) is 5.92 Å². The SMILES string of the molecule is CCn1c(C)c(-c2cc(OCC3CC3)c(Cl)cc2F)c(=O)c(C(=O)O)c1-c1ccc(F)c(F)c1. The van der Waals surface area contributed by atoms with E-state index in [2.05, 4.69) is 0 Å². The third-order valence-electron chi connectivity index (χ3n) is 5.91. The quantitative estimate of drug-likeness (QED) is 0.435. The first kappa shape index (κ1) is 23.9. The summed E-state index contributed by atoms with van der Waals surface area (Å²) in [5.41, 5.74) is -1.79. The van der Waals surface area contributed by atoms with Gasteiger partial charge < -0.3 is 14.4 Å². The molecule has 0 spiro atoms. The van der Waals surface area contributed by atoms with Crippen molar-refractivity contribution >= 4 is 17.6 Å². The van der Waals surface area contributed by atoms with Crippen LogP contribution in [0, 0.1) is 30.3 Å². The summed E-state index contributed by atoms with van der Waals surface area (Å²) >= 11 is 6.14. The highest BCUT2D eigenvalue weighted by Gasteiger charge is 2.28. The molecule has 1 heterocycles. The number of aromatic nitrogens is 1. The number of aromatic carboxylic acids is 1. The molecule has 0 unspecified atom stereocenters. The van der Waals surface area contributed by atoms with Gasteiger partial charge in [-0.15, -0.1) is 0 Å². The number of carbonyl (C=O) groups is 1. The summed E-state index contributed by atoms with van der Waals surface area (Å²) in [6, 6.07) is 5.20. The molecule has 1 aliphatic carbocycles. The van der Waals surface area contributed by atoms with Crippen LogP contribution in [0.3, 0.4) is 0 Å². The summed E-state index contributed by atoms with van der Waals surface area (Å²) < 4.78 is 49.7. The molecule has 1 N–H and O–H groups in total. The number of ether oxygens (including phenoxy) is 1. The van der Waals surface area contributed by atoms with Gasteiger partial charge in [0.15, 0.2) is 11.6 Å². The number of halogens is 4. The molecule has 4 rings (SSSR count). The first-order valence-electron chi connectivity index (χ1n) is 10.7. The van der Waals surface area contributed by atoms with Gasteiger partial charge in [0.2, 0.25) is 5.43 Å². The molecule has 1 saturated carbocycles. The second-order valence-electron chi connectivity index (χ2n) is 8.21. The molecule has 0 bridgehead atoms. The average molecular weight is 492 g/mol. The minimum atomic E-state index is -1.58. The second kappa shape index (κ2) is 9.18. The standard InChI is InChI=1S/C25H21ClF3NO4/c1-3-30-12(2)21(15-9-20(16(26)10-18(15)28)34-11-13-4-5-13)24(31)22(25(32)33)23(30)14-6-7-17(27)19(29)8-14/h6-10,13H,3-5,11H2,1-2H3,(H,32,33). The van der Waals surface area contributed by atoms with Crippen LogP contribution in [0.1, 0.15) is 35.8 Å². The molecule has 2 aromatic carbocycles. The fourth-order valence-corrected chi connectivity index (χ4v) is 4.22. The molecule has 1 aromatic heterocycles. The van der Waals surface area contributed by atoms with E-state index < -0.39 is 34.4 Å². The molecule has 178 valence electrons. The monoisotopic (exact) mass is 491 g/mol. The van der Waals surface area contributed by atoms with Gasteiger partial charge in [-0.2, -0.15) is 0 Å². The van der Waals surface area contributed by atoms with E-state index in [9.17, 15) is 23.5 Å². The molecule has 0 atom stereocenters. The lowest BCUT2D eigenvalue weighted by molar-refractivity contribution is 0.0695. The molecule has 0 radical (unpaired) electrons. The van der Waals surface area contributed by atoms with Gasteiger partial charge in [0, 0.05) is 23.4 Å². The minimum Gasteiger partial charge on any atom is -0.492 e. The van der Waals surface area contributed by atoms with E-state index in [4.69, 9.17) is 16.3 Å². The lowest BCUT2D eigenvalue weighted by atomic mass is 9.95. The number of carboxylic acids is 1. The smallest absolute Gasteiger partial charge is 0.341 e. The fraction of sp³-hybridized carbons (Fsp3) is 0.280. The summed E-state index contributed by atoms with van der Waals surface area (Å²) in [5, 5.41) is 9.95. The summed E-state index contributed by atoms with van der Waals surface area (Å²) in [5.74, 6) is -4.10. The molecule has 0 aliphatic heterocycles. The van der Waals surface area contributed by atoms with Crippen LogP contribution < -0.4 is 10.2 Å². The molecule has 34 heavy (non-hydrogen) atoms. The van der Waals surface area contributed by atoms with Gasteiger partial charge in [-0.25, -0.2) is 18.0 Å². The number of rotatable bonds is 7. The largest absolute Gasteiger partial charge is 0.492 e. The van der Waals surface area contributed by atoms with Crippen molar-refractivity contribution in [1.82, 2.24) is 4.57 Å². The average Bonchev–Trinajstić information content (AvgIpc) is 3.60.